The average Bonchev–Trinajstić information content (AvgIpc) is 2.99. The van der Waals surface area contributed by atoms with Crippen LogP contribution in [-0.4, -0.2) is 47.9 Å². The van der Waals surface area contributed by atoms with Crippen molar-refractivity contribution in [1.29, 1.82) is 0 Å². The van der Waals surface area contributed by atoms with Crippen molar-refractivity contribution in [3.63, 3.8) is 0 Å². The summed E-state index contributed by atoms with van der Waals surface area (Å²) >= 11 is 0. The molecular formula is C18H26N2O5. The maximum atomic E-state index is 12.3. The number of aryl methyl sites for hydroxylation is 1. The van der Waals surface area contributed by atoms with Crippen LogP contribution in [0, 0.1) is 0 Å². The van der Waals surface area contributed by atoms with Crippen LogP contribution in [0.2, 0.25) is 0 Å². The predicted octanol–water partition coefficient (Wildman–Crippen LogP) is 2.14. The van der Waals surface area contributed by atoms with E-state index < -0.39 is 5.60 Å². The van der Waals surface area contributed by atoms with Crippen molar-refractivity contribution in [1.82, 2.24) is 4.90 Å². The summed E-state index contributed by atoms with van der Waals surface area (Å²) in [5.41, 5.74) is -0.507. The molecule has 2 amide bonds. The molecule has 0 unspecified atom stereocenters. The fourth-order valence-corrected chi connectivity index (χ4v) is 2.61. The van der Waals surface area contributed by atoms with Gasteiger partial charge in [-0.1, -0.05) is 6.92 Å². The maximum absolute atomic E-state index is 12.3. The van der Waals surface area contributed by atoms with Gasteiger partial charge in [-0.05, 0) is 26.8 Å². The number of nitrogens with zero attached hydrogens (tertiary/aromatic N) is 2. The lowest BCUT2D eigenvalue weighted by molar-refractivity contribution is -0.154. The number of anilines is 1. The molecule has 0 spiro atoms. The second-order valence-corrected chi connectivity index (χ2v) is 7.04. The molecule has 1 aromatic rings. The zero-order valence-corrected chi connectivity index (χ0v) is 15.3. The van der Waals surface area contributed by atoms with Gasteiger partial charge in [0.05, 0.1) is 6.42 Å². The van der Waals surface area contributed by atoms with Crippen LogP contribution in [0.1, 0.15) is 46.3 Å². The fraction of sp³-hybridized carbons (Fsp3) is 0.611. The van der Waals surface area contributed by atoms with Gasteiger partial charge in [0.15, 0.2) is 0 Å². The molecule has 0 radical (unpaired) electrons. The normalized spacial score (nSPS) is 15.4. The van der Waals surface area contributed by atoms with Crippen molar-refractivity contribution in [3.8, 4) is 0 Å². The Hall–Kier alpha value is -2.31. The highest BCUT2D eigenvalue weighted by Crippen LogP contribution is 2.22. The van der Waals surface area contributed by atoms with Crippen LogP contribution in [0.25, 0.3) is 0 Å². The quantitative estimate of drug-likeness (QED) is 0.760. The number of amides is 2. The minimum absolute atomic E-state index is 0.0227. The van der Waals surface area contributed by atoms with E-state index in [1.807, 2.05) is 20.8 Å². The zero-order chi connectivity index (χ0) is 18.6. The molecule has 0 bridgehead atoms. The molecule has 7 nitrogen and oxygen atoms in total. The van der Waals surface area contributed by atoms with Gasteiger partial charge < -0.3 is 14.1 Å². The SMILES string of the molecule is CCC(=O)N1CCN(c2ccc(CCC(=O)OC(C)(C)C)o2)C(=O)C1. The van der Waals surface area contributed by atoms with E-state index in [2.05, 4.69) is 0 Å². The number of esters is 1. The Kier molecular flexibility index (Phi) is 5.87. The lowest BCUT2D eigenvalue weighted by atomic mass is 10.2. The van der Waals surface area contributed by atoms with E-state index >= 15 is 0 Å². The summed E-state index contributed by atoms with van der Waals surface area (Å²) in [7, 11) is 0. The highest BCUT2D eigenvalue weighted by molar-refractivity contribution is 5.96. The first kappa shape index (κ1) is 19.0. The van der Waals surface area contributed by atoms with Crippen LogP contribution >= 0.6 is 0 Å². The number of furan rings is 1. The molecule has 2 rings (SSSR count). The maximum Gasteiger partial charge on any atom is 0.306 e. The van der Waals surface area contributed by atoms with E-state index in [0.29, 0.717) is 37.6 Å². The third-order valence-corrected chi connectivity index (χ3v) is 3.78. The molecule has 2 heterocycles. The van der Waals surface area contributed by atoms with Crippen molar-refractivity contribution in [3.05, 3.63) is 17.9 Å². The van der Waals surface area contributed by atoms with E-state index in [9.17, 15) is 14.4 Å². The Bertz CT molecular complexity index is 644. The third kappa shape index (κ3) is 5.34. The highest BCUT2D eigenvalue weighted by atomic mass is 16.6. The second kappa shape index (κ2) is 7.72. The van der Waals surface area contributed by atoms with Crippen molar-refractivity contribution in [2.75, 3.05) is 24.5 Å². The molecule has 7 heteroatoms. The molecule has 0 saturated carbocycles. The van der Waals surface area contributed by atoms with Crippen molar-refractivity contribution < 1.29 is 23.5 Å². The molecule has 1 aromatic heterocycles. The van der Waals surface area contributed by atoms with Gasteiger partial charge in [-0.2, -0.15) is 0 Å². The number of carbonyl (C=O) groups excluding carboxylic acids is 3. The summed E-state index contributed by atoms with van der Waals surface area (Å²) in [6.45, 7) is 8.22. The number of ether oxygens (including phenoxy) is 1. The number of hydrogen-bond donors (Lipinski definition) is 0. The second-order valence-electron chi connectivity index (χ2n) is 7.04. The molecule has 25 heavy (non-hydrogen) atoms. The van der Waals surface area contributed by atoms with E-state index in [1.54, 1.807) is 24.0 Å². The smallest absolute Gasteiger partial charge is 0.306 e. The third-order valence-electron chi connectivity index (χ3n) is 3.78. The Balaban J connectivity index is 1.90. The molecule has 0 aliphatic carbocycles. The van der Waals surface area contributed by atoms with Gasteiger partial charge >= 0.3 is 5.97 Å². The summed E-state index contributed by atoms with van der Waals surface area (Å²) < 4.78 is 11.0. The minimum atomic E-state index is -0.507. The van der Waals surface area contributed by atoms with Gasteiger partial charge in [0.2, 0.25) is 17.7 Å². The van der Waals surface area contributed by atoms with Gasteiger partial charge in [-0.25, -0.2) is 0 Å². The van der Waals surface area contributed by atoms with Crippen LogP contribution in [0.4, 0.5) is 5.88 Å². The number of hydrogen-bond acceptors (Lipinski definition) is 5. The molecule has 1 fully saturated rings. The molecule has 0 atom stereocenters. The fourth-order valence-electron chi connectivity index (χ4n) is 2.61. The van der Waals surface area contributed by atoms with Crippen molar-refractivity contribution >= 4 is 23.7 Å². The average molecular weight is 350 g/mol. The van der Waals surface area contributed by atoms with E-state index in [-0.39, 0.29) is 30.7 Å². The summed E-state index contributed by atoms with van der Waals surface area (Å²) in [4.78, 5) is 38.8. The van der Waals surface area contributed by atoms with Gasteiger partial charge in [0.1, 0.15) is 17.9 Å². The van der Waals surface area contributed by atoms with Gasteiger partial charge in [0.25, 0.3) is 0 Å². The Labute approximate surface area is 147 Å². The zero-order valence-electron chi connectivity index (χ0n) is 15.3. The van der Waals surface area contributed by atoms with E-state index in [4.69, 9.17) is 9.15 Å². The Morgan fingerprint density at radius 2 is 1.96 bits per heavy atom. The lowest BCUT2D eigenvalue weighted by Crippen LogP contribution is -2.52. The van der Waals surface area contributed by atoms with Gasteiger partial charge in [-0.3, -0.25) is 19.3 Å². The number of piperazine rings is 1. The summed E-state index contributed by atoms with van der Waals surface area (Å²) in [5, 5.41) is 0. The van der Waals surface area contributed by atoms with Crippen LogP contribution in [0.3, 0.4) is 0 Å². The number of rotatable bonds is 5. The molecule has 0 N–H and O–H groups in total. The first-order valence-corrected chi connectivity index (χ1v) is 8.58. The molecular weight excluding hydrogens is 324 g/mol. The van der Waals surface area contributed by atoms with Gasteiger partial charge in [-0.15, -0.1) is 0 Å². The largest absolute Gasteiger partial charge is 0.460 e. The van der Waals surface area contributed by atoms with Crippen molar-refractivity contribution in [2.24, 2.45) is 0 Å². The predicted molar refractivity (Wildman–Crippen MR) is 92.1 cm³/mol. The summed E-state index contributed by atoms with van der Waals surface area (Å²) in [5.74, 6) is 0.605. The van der Waals surface area contributed by atoms with Crippen LogP contribution in [-0.2, 0) is 25.5 Å². The van der Waals surface area contributed by atoms with Crippen molar-refractivity contribution in [2.45, 2.75) is 52.6 Å². The Morgan fingerprint density at radius 3 is 2.56 bits per heavy atom. The van der Waals surface area contributed by atoms with E-state index in [1.165, 1.54) is 4.90 Å². The summed E-state index contributed by atoms with van der Waals surface area (Å²) in [6, 6.07) is 3.48. The minimum Gasteiger partial charge on any atom is -0.460 e. The van der Waals surface area contributed by atoms with Gasteiger partial charge in [0, 0.05) is 32.0 Å². The first-order chi connectivity index (χ1) is 11.7. The molecule has 1 aliphatic rings. The highest BCUT2D eigenvalue weighted by Gasteiger charge is 2.29. The topological polar surface area (TPSA) is 80.1 Å². The first-order valence-electron chi connectivity index (χ1n) is 8.58. The van der Waals surface area contributed by atoms with Crippen LogP contribution in [0.5, 0.6) is 0 Å². The summed E-state index contributed by atoms with van der Waals surface area (Å²) in [6.07, 6.45) is 1.02. The molecule has 138 valence electrons. The molecule has 1 saturated heterocycles. The number of carbonyl (C=O) groups is 3. The van der Waals surface area contributed by atoms with Crippen LogP contribution < -0.4 is 4.90 Å². The monoisotopic (exact) mass is 350 g/mol. The molecule has 1 aliphatic heterocycles. The van der Waals surface area contributed by atoms with E-state index in [0.717, 1.165) is 0 Å². The lowest BCUT2D eigenvalue weighted by Gasteiger charge is -2.32. The van der Waals surface area contributed by atoms with Crippen LogP contribution in [0.15, 0.2) is 16.5 Å². The molecule has 0 aromatic carbocycles. The standard InChI is InChI=1S/C18H26N2O5/c1-5-14(21)19-10-11-20(15(22)12-19)16-8-6-13(24-16)7-9-17(23)25-18(2,3)4/h6,8H,5,7,9-12H2,1-4H3. The Morgan fingerprint density at radius 1 is 1.24 bits per heavy atom.